The number of hydrogen-bond donors (Lipinski definition) is 1. The van der Waals surface area contributed by atoms with Gasteiger partial charge in [-0.1, -0.05) is 42.5 Å². The minimum absolute atomic E-state index is 0.0451. The third kappa shape index (κ3) is 4.84. The van der Waals surface area contributed by atoms with Crippen molar-refractivity contribution in [2.45, 2.75) is 6.54 Å². The predicted octanol–water partition coefficient (Wildman–Crippen LogP) is 5.06. The maximum absolute atomic E-state index is 14.2. The topological polar surface area (TPSA) is 61.6 Å². The Morgan fingerprint density at radius 3 is 2.35 bits per heavy atom. The van der Waals surface area contributed by atoms with Gasteiger partial charge in [-0.3, -0.25) is 9.69 Å². The van der Waals surface area contributed by atoms with E-state index in [-0.39, 0.29) is 17.0 Å². The first kappa shape index (κ1) is 21.9. The second-order valence-electron chi connectivity index (χ2n) is 8.26. The molecule has 1 saturated heterocycles. The Bertz CT molecular complexity index is 1250. The monoisotopic (exact) mass is 456 g/mol. The van der Waals surface area contributed by atoms with E-state index >= 15 is 0 Å². The standard InChI is InChI=1S/C27H25FN4O2/c28-24-9-5-4-8-23(24)26-25(29-19-34-26)27(33)30-21-10-12-22(13-11-21)32-16-14-31(15-17-32)18-20-6-2-1-3-7-20/h1-13,19H,14-18H2,(H,30,33). The maximum atomic E-state index is 14.2. The lowest BCUT2D eigenvalue weighted by Gasteiger charge is -2.36. The van der Waals surface area contributed by atoms with Crippen molar-refractivity contribution in [3.8, 4) is 11.3 Å². The third-order valence-electron chi connectivity index (χ3n) is 6.01. The molecule has 6 nitrogen and oxygen atoms in total. The number of nitrogens with zero attached hydrogens (tertiary/aromatic N) is 3. The van der Waals surface area contributed by atoms with Crippen LogP contribution >= 0.6 is 0 Å². The van der Waals surface area contributed by atoms with Crippen LogP contribution in [0.1, 0.15) is 16.1 Å². The Kier molecular flexibility index (Phi) is 6.35. The molecule has 0 spiro atoms. The zero-order chi connectivity index (χ0) is 23.3. The fraction of sp³-hybridized carbons (Fsp3) is 0.185. The Hall–Kier alpha value is -3.97. The molecule has 0 aliphatic carbocycles. The van der Waals surface area contributed by atoms with Gasteiger partial charge in [-0.2, -0.15) is 0 Å². The smallest absolute Gasteiger partial charge is 0.278 e. The molecule has 34 heavy (non-hydrogen) atoms. The minimum atomic E-state index is -0.471. The highest BCUT2D eigenvalue weighted by Gasteiger charge is 2.21. The van der Waals surface area contributed by atoms with Gasteiger partial charge in [-0.05, 0) is 42.0 Å². The lowest BCUT2D eigenvalue weighted by molar-refractivity contribution is 0.102. The highest BCUT2D eigenvalue weighted by Crippen LogP contribution is 2.27. The number of carbonyl (C=O) groups is 1. The zero-order valence-electron chi connectivity index (χ0n) is 18.7. The summed E-state index contributed by atoms with van der Waals surface area (Å²) in [5, 5.41) is 2.83. The first-order chi connectivity index (χ1) is 16.7. The first-order valence-electron chi connectivity index (χ1n) is 11.3. The summed E-state index contributed by atoms with van der Waals surface area (Å²) < 4.78 is 19.5. The van der Waals surface area contributed by atoms with Crippen molar-refractivity contribution in [2.24, 2.45) is 0 Å². The molecule has 172 valence electrons. The van der Waals surface area contributed by atoms with Crippen molar-refractivity contribution in [1.29, 1.82) is 0 Å². The van der Waals surface area contributed by atoms with Gasteiger partial charge < -0.3 is 14.6 Å². The van der Waals surface area contributed by atoms with Crippen LogP contribution in [0.5, 0.6) is 0 Å². The average molecular weight is 457 g/mol. The van der Waals surface area contributed by atoms with Gasteiger partial charge in [0.15, 0.2) is 17.8 Å². The Labute approximate surface area is 197 Å². The molecule has 1 aromatic heterocycles. The fourth-order valence-electron chi connectivity index (χ4n) is 4.20. The molecule has 3 aromatic carbocycles. The van der Waals surface area contributed by atoms with Crippen LogP contribution in [-0.2, 0) is 6.54 Å². The Morgan fingerprint density at radius 1 is 0.912 bits per heavy atom. The molecule has 0 saturated carbocycles. The van der Waals surface area contributed by atoms with Crippen LogP contribution < -0.4 is 10.2 Å². The van der Waals surface area contributed by atoms with Crippen LogP contribution in [0.2, 0.25) is 0 Å². The molecular weight excluding hydrogens is 431 g/mol. The molecular formula is C27H25FN4O2. The zero-order valence-corrected chi connectivity index (χ0v) is 18.7. The van der Waals surface area contributed by atoms with E-state index in [9.17, 15) is 9.18 Å². The summed E-state index contributed by atoms with van der Waals surface area (Å²) in [6, 6.07) is 24.4. The average Bonchev–Trinajstić information content (AvgIpc) is 3.36. The second kappa shape index (κ2) is 9.89. The van der Waals surface area contributed by atoms with Gasteiger partial charge in [-0.15, -0.1) is 0 Å². The molecule has 2 heterocycles. The van der Waals surface area contributed by atoms with Gasteiger partial charge in [0, 0.05) is 44.1 Å². The number of carbonyl (C=O) groups excluding carboxylic acids is 1. The van der Waals surface area contributed by atoms with Crippen molar-refractivity contribution in [3.05, 3.63) is 102 Å². The van der Waals surface area contributed by atoms with Gasteiger partial charge in [-0.25, -0.2) is 9.37 Å². The second-order valence-corrected chi connectivity index (χ2v) is 8.26. The van der Waals surface area contributed by atoms with E-state index in [0.717, 1.165) is 44.8 Å². The molecule has 0 bridgehead atoms. The molecule has 1 aliphatic rings. The van der Waals surface area contributed by atoms with Gasteiger partial charge >= 0.3 is 0 Å². The van der Waals surface area contributed by atoms with Gasteiger partial charge in [0.05, 0.1) is 5.56 Å². The van der Waals surface area contributed by atoms with E-state index in [1.54, 1.807) is 18.2 Å². The lowest BCUT2D eigenvalue weighted by Crippen LogP contribution is -2.45. The predicted molar refractivity (Wildman–Crippen MR) is 130 cm³/mol. The molecule has 1 fully saturated rings. The van der Waals surface area contributed by atoms with E-state index in [4.69, 9.17) is 4.42 Å². The van der Waals surface area contributed by atoms with Gasteiger partial charge in [0.1, 0.15) is 5.82 Å². The molecule has 7 heteroatoms. The summed E-state index contributed by atoms with van der Waals surface area (Å²) in [4.78, 5) is 21.6. The molecule has 1 aliphatic heterocycles. The highest BCUT2D eigenvalue weighted by molar-refractivity contribution is 6.06. The fourth-order valence-corrected chi connectivity index (χ4v) is 4.20. The third-order valence-corrected chi connectivity index (χ3v) is 6.01. The minimum Gasteiger partial charge on any atom is -0.443 e. The van der Waals surface area contributed by atoms with Gasteiger partial charge in [0.25, 0.3) is 5.91 Å². The van der Waals surface area contributed by atoms with Crippen LogP contribution in [-0.4, -0.2) is 42.0 Å². The summed E-state index contributed by atoms with van der Waals surface area (Å²) in [6.45, 7) is 4.86. The van der Waals surface area contributed by atoms with Crippen molar-refractivity contribution in [1.82, 2.24) is 9.88 Å². The largest absolute Gasteiger partial charge is 0.443 e. The Balaban J connectivity index is 1.19. The number of aromatic nitrogens is 1. The molecule has 4 aromatic rings. The molecule has 1 amide bonds. The van der Waals surface area contributed by atoms with Crippen molar-refractivity contribution in [3.63, 3.8) is 0 Å². The molecule has 0 unspecified atom stereocenters. The van der Waals surface area contributed by atoms with E-state index in [1.165, 1.54) is 11.6 Å². The maximum Gasteiger partial charge on any atom is 0.278 e. The number of piperazine rings is 1. The van der Waals surface area contributed by atoms with Crippen LogP contribution in [0.3, 0.4) is 0 Å². The Morgan fingerprint density at radius 2 is 1.62 bits per heavy atom. The molecule has 0 atom stereocenters. The van der Waals surface area contributed by atoms with Crippen LogP contribution in [0.25, 0.3) is 11.3 Å². The SMILES string of the molecule is O=C(Nc1ccc(N2CCN(Cc3ccccc3)CC2)cc1)c1ncoc1-c1ccccc1F. The number of benzene rings is 3. The molecule has 5 rings (SSSR count). The number of nitrogens with one attached hydrogen (secondary N) is 1. The quantitative estimate of drug-likeness (QED) is 0.440. The van der Waals surface area contributed by atoms with Crippen molar-refractivity contribution in [2.75, 3.05) is 36.4 Å². The first-order valence-corrected chi connectivity index (χ1v) is 11.3. The van der Waals surface area contributed by atoms with E-state index in [1.807, 2.05) is 30.3 Å². The summed E-state index contributed by atoms with van der Waals surface area (Å²) in [5.41, 5.74) is 3.33. The molecule has 1 N–H and O–H groups in total. The molecule has 0 radical (unpaired) electrons. The van der Waals surface area contributed by atoms with Crippen LogP contribution in [0, 0.1) is 5.82 Å². The number of halogens is 1. The number of oxazole rings is 1. The number of amides is 1. The van der Waals surface area contributed by atoms with Gasteiger partial charge in [0.2, 0.25) is 0 Å². The summed E-state index contributed by atoms with van der Waals surface area (Å²) in [5.74, 6) is -0.809. The summed E-state index contributed by atoms with van der Waals surface area (Å²) in [7, 11) is 0. The van der Waals surface area contributed by atoms with E-state index in [2.05, 4.69) is 44.4 Å². The van der Waals surface area contributed by atoms with Crippen molar-refractivity contribution >= 4 is 17.3 Å². The van der Waals surface area contributed by atoms with Crippen molar-refractivity contribution < 1.29 is 13.6 Å². The number of rotatable bonds is 6. The normalized spacial score (nSPS) is 14.2. The van der Waals surface area contributed by atoms with Crippen LogP contribution in [0.4, 0.5) is 15.8 Å². The number of anilines is 2. The number of hydrogen-bond acceptors (Lipinski definition) is 5. The van der Waals surface area contributed by atoms with E-state index in [0.29, 0.717) is 5.69 Å². The van der Waals surface area contributed by atoms with E-state index < -0.39 is 11.7 Å². The van der Waals surface area contributed by atoms with Crippen LogP contribution in [0.15, 0.2) is 89.7 Å². The summed E-state index contributed by atoms with van der Waals surface area (Å²) in [6.07, 6.45) is 1.15. The summed E-state index contributed by atoms with van der Waals surface area (Å²) >= 11 is 0. The highest BCUT2D eigenvalue weighted by atomic mass is 19.1. The lowest BCUT2D eigenvalue weighted by atomic mass is 10.1.